The summed E-state index contributed by atoms with van der Waals surface area (Å²) in [5, 5.41) is 13.4. The number of pyridine rings is 1. The first kappa shape index (κ1) is 23.6. The van der Waals surface area contributed by atoms with Gasteiger partial charge in [0.1, 0.15) is 0 Å². The number of nitrogens with one attached hydrogen (secondary N) is 2. The molecule has 0 fully saturated rings. The maximum Gasteiger partial charge on any atom is 0.242 e. The second-order valence-corrected chi connectivity index (χ2v) is 10.4. The molecule has 0 radical (unpaired) electrons. The minimum Gasteiger partial charge on any atom is -0.394 e. The third kappa shape index (κ3) is 8.29. The number of rotatable bonds is 10. The van der Waals surface area contributed by atoms with Crippen LogP contribution in [0.2, 0.25) is 5.02 Å². The highest BCUT2D eigenvalue weighted by Gasteiger charge is 2.17. The van der Waals surface area contributed by atoms with E-state index in [-0.39, 0.29) is 29.8 Å². The number of thioether (sulfide) groups is 1. The summed E-state index contributed by atoms with van der Waals surface area (Å²) >= 11 is 7.18. The van der Waals surface area contributed by atoms with Crippen LogP contribution in [0, 0.1) is 5.92 Å². The molecule has 0 aromatic carbocycles. The first-order valence-electron chi connectivity index (χ1n) is 8.95. The molecule has 9 nitrogen and oxygen atoms in total. The molecule has 0 saturated carbocycles. The van der Waals surface area contributed by atoms with Gasteiger partial charge in [-0.3, -0.25) is 9.71 Å². The van der Waals surface area contributed by atoms with Gasteiger partial charge < -0.3 is 10.4 Å². The first-order chi connectivity index (χ1) is 13.6. The minimum absolute atomic E-state index is 0.0926. The fourth-order valence-electron chi connectivity index (χ4n) is 2.46. The summed E-state index contributed by atoms with van der Waals surface area (Å²) in [7, 11) is -3.57. The van der Waals surface area contributed by atoms with Crippen LogP contribution in [-0.2, 0) is 10.0 Å². The number of hydrogen-bond acceptors (Lipinski definition) is 9. The van der Waals surface area contributed by atoms with Gasteiger partial charge in [0, 0.05) is 6.20 Å². The van der Waals surface area contributed by atoms with Gasteiger partial charge in [0.2, 0.25) is 21.9 Å². The van der Waals surface area contributed by atoms with Gasteiger partial charge in [-0.05, 0) is 31.4 Å². The SMILES string of the molecule is CC(C)C[C@H](CO)Nc1nc(NS(C)(=O)=O)nc(S[C@H](C)c2ccc(Cl)cn2)n1. The lowest BCUT2D eigenvalue weighted by Crippen LogP contribution is -2.27. The summed E-state index contributed by atoms with van der Waals surface area (Å²) in [4.78, 5) is 17.0. The lowest BCUT2D eigenvalue weighted by molar-refractivity contribution is 0.259. The molecular weight excluding hydrogens is 436 g/mol. The average Bonchev–Trinajstić information content (AvgIpc) is 2.59. The van der Waals surface area contributed by atoms with Crippen molar-refractivity contribution in [2.24, 2.45) is 5.92 Å². The van der Waals surface area contributed by atoms with E-state index in [4.69, 9.17) is 11.6 Å². The molecule has 3 N–H and O–H groups in total. The van der Waals surface area contributed by atoms with E-state index < -0.39 is 10.0 Å². The fourth-order valence-corrected chi connectivity index (χ4v) is 3.85. The minimum atomic E-state index is -3.57. The highest BCUT2D eigenvalue weighted by molar-refractivity contribution is 7.99. The first-order valence-corrected chi connectivity index (χ1v) is 12.1. The van der Waals surface area contributed by atoms with Gasteiger partial charge in [0.05, 0.1) is 34.9 Å². The van der Waals surface area contributed by atoms with Gasteiger partial charge in [-0.1, -0.05) is 37.2 Å². The molecule has 2 rings (SSSR count). The summed E-state index contributed by atoms with van der Waals surface area (Å²) in [5.41, 5.74) is 0.778. The molecule has 2 aromatic heterocycles. The van der Waals surface area contributed by atoms with Gasteiger partial charge in [0.15, 0.2) is 5.16 Å². The van der Waals surface area contributed by atoms with E-state index in [2.05, 4.69) is 30.0 Å². The smallest absolute Gasteiger partial charge is 0.242 e. The van der Waals surface area contributed by atoms with E-state index in [0.717, 1.165) is 11.9 Å². The second-order valence-electron chi connectivity index (χ2n) is 6.95. The zero-order chi connectivity index (χ0) is 21.6. The normalized spacial score (nSPS) is 13.9. The lowest BCUT2D eigenvalue weighted by Gasteiger charge is -2.19. The van der Waals surface area contributed by atoms with Gasteiger partial charge in [0.25, 0.3) is 0 Å². The molecule has 12 heteroatoms. The van der Waals surface area contributed by atoms with Crippen LogP contribution < -0.4 is 10.0 Å². The van der Waals surface area contributed by atoms with Gasteiger partial charge >= 0.3 is 0 Å². The van der Waals surface area contributed by atoms with Crippen LogP contribution in [0.5, 0.6) is 0 Å². The zero-order valence-corrected chi connectivity index (χ0v) is 19.0. The Kier molecular flexibility index (Phi) is 8.44. The maximum atomic E-state index is 11.6. The predicted molar refractivity (Wildman–Crippen MR) is 116 cm³/mol. The molecule has 0 aliphatic rings. The van der Waals surface area contributed by atoms with E-state index in [1.54, 1.807) is 18.3 Å². The van der Waals surface area contributed by atoms with Crippen molar-refractivity contribution in [2.75, 3.05) is 22.9 Å². The molecule has 160 valence electrons. The van der Waals surface area contributed by atoms with Crippen molar-refractivity contribution in [3.05, 3.63) is 29.0 Å². The van der Waals surface area contributed by atoms with Crippen molar-refractivity contribution < 1.29 is 13.5 Å². The molecule has 0 bridgehead atoms. The van der Waals surface area contributed by atoms with E-state index in [1.165, 1.54) is 11.8 Å². The Bertz CT molecular complexity index is 912. The third-order valence-electron chi connectivity index (χ3n) is 3.65. The molecule has 2 heterocycles. The Hall–Kier alpha value is -1.69. The quantitative estimate of drug-likeness (QED) is 0.458. The number of nitrogens with zero attached hydrogens (tertiary/aromatic N) is 4. The summed E-state index contributed by atoms with van der Waals surface area (Å²) in [6.07, 6.45) is 3.28. The predicted octanol–water partition coefficient (Wildman–Crippen LogP) is 2.96. The van der Waals surface area contributed by atoms with Crippen LogP contribution in [0.25, 0.3) is 0 Å². The van der Waals surface area contributed by atoms with Crippen LogP contribution in [-0.4, -0.2) is 52.4 Å². The molecule has 2 atom stereocenters. The number of anilines is 2. The van der Waals surface area contributed by atoms with Gasteiger partial charge in [-0.15, -0.1) is 0 Å². The molecule has 0 saturated heterocycles. The summed E-state index contributed by atoms with van der Waals surface area (Å²) in [6.45, 7) is 5.90. The Morgan fingerprint density at radius 1 is 1.17 bits per heavy atom. The molecule has 2 aromatic rings. The number of sulfonamides is 1. The van der Waals surface area contributed by atoms with E-state index in [9.17, 15) is 13.5 Å². The molecule has 0 amide bonds. The number of aromatic nitrogens is 4. The average molecular weight is 461 g/mol. The van der Waals surface area contributed by atoms with E-state index >= 15 is 0 Å². The van der Waals surface area contributed by atoms with Crippen LogP contribution in [0.3, 0.4) is 0 Å². The number of halogens is 1. The number of hydrogen-bond donors (Lipinski definition) is 3. The maximum absolute atomic E-state index is 11.6. The Morgan fingerprint density at radius 2 is 1.86 bits per heavy atom. The third-order valence-corrected chi connectivity index (χ3v) is 5.42. The standard InChI is InChI=1S/C17H25ClN6O3S2/c1-10(2)7-13(9-25)20-15-21-16(24-29(4,26)27)23-17(22-15)28-11(3)14-6-5-12(18)8-19-14/h5-6,8,10-11,13,25H,7,9H2,1-4H3,(H2,20,21,22,23,24)/t11-,13-/m1/s1. The highest BCUT2D eigenvalue weighted by atomic mass is 35.5. The van der Waals surface area contributed by atoms with Crippen LogP contribution in [0.1, 0.15) is 38.1 Å². The Balaban J connectivity index is 2.29. The molecule has 29 heavy (non-hydrogen) atoms. The second kappa shape index (κ2) is 10.4. The van der Waals surface area contributed by atoms with Crippen molar-refractivity contribution in [1.82, 2.24) is 19.9 Å². The van der Waals surface area contributed by atoms with Crippen molar-refractivity contribution in [3.8, 4) is 0 Å². The summed E-state index contributed by atoms with van der Waals surface area (Å²) in [6, 6.07) is 3.28. The molecular formula is C17H25ClN6O3S2. The van der Waals surface area contributed by atoms with Crippen molar-refractivity contribution in [3.63, 3.8) is 0 Å². The molecule has 0 aliphatic heterocycles. The monoisotopic (exact) mass is 460 g/mol. The summed E-state index contributed by atoms with van der Waals surface area (Å²) < 4.78 is 25.5. The Morgan fingerprint density at radius 3 is 2.41 bits per heavy atom. The molecule has 0 spiro atoms. The van der Waals surface area contributed by atoms with Gasteiger partial charge in [-0.2, -0.15) is 15.0 Å². The lowest BCUT2D eigenvalue weighted by atomic mass is 10.0. The highest BCUT2D eigenvalue weighted by Crippen LogP contribution is 2.32. The van der Waals surface area contributed by atoms with Crippen molar-refractivity contribution in [2.45, 2.75) is 43.6 Å². The summed E-state index contributed by atoms with van der Waals surface area (Å²) in [5.74, 6) is 0.439. The van der Waals surface area contributed by atoms with E-state index in [1.807, 2.05) is 20.8 Å². The number of aliphatic hydroxyl groups excluding tert-OH is 1. The van der Waals surface area contributed by atoms with Crippen molar-refractivity contribution >= 4 is 45.3 Å². The van der Waals surface area contributed by atoms with Crippen LogP contribution in [0.15, 0.2) is 23.5 Å². The zero-order valence-electron chi connectivity index (χ0n) is 16.6. The molecule has 0 aliphatic carbocycles. The van der Waals surface area contributed by atoms with Crippen LogP contribution in [0.4, 0.5) is 11.9 Å². The Labute approximate surface area is 180 Å². The van der Waals surface area contributed by atoms with Gasteiger partial charge in [-0.25, -0.2) is 8.42 Å². The largest absolute Gasteiger partial charge is 0.394 e. The topological polar surface area (TPSA) is 130 Å². The fraction of sp³-hybridized carbons (Fsp3) is 0.529. The van der Waals surface area contributed by atoms with E-state index in [0.29, 0.717) is 22.5 Å². The van der Waals surface area contributed by atoms with Crippen molar-refractivity contribution in [1.29, 1.82) is 0 Å². The van der Waals surface area contributed by atoms with Crippen LogP contribution >= 0.6 is 23.4 Å². The molecule has 0 unspecified atom stereocenters. The number of aliphatic hydroxyl groups is 1.